The Bertz CT molecular complexity index is 442. The Morgan fingerprint density at radius 3 is 2.85 bits per heavy atom. The molecule has 112 valence electrons. The zero-order valence-corrected chi connectivity index (χ0v) is 12.8. The summed E-state index contributed by atoms with van der Waals surface area (Å²) in [7, 11) is 0. The summed E-state index contributed by atoms with van der Waals surface area (Å²) in [6, 6.07) is 0.324. The molecule has 2 heterocycles. The van der Waals surface area contributed by atoms with E-state index in [4.69, 9.17) is 4.52 Å². The van der Waals surface area contributed by atoms with Crippen molar-refractivity contribution < 1.29 is 9.32 Å². The van der Waals surface area contributed by atoms with Crippen LogP contribution in [0.4, 0.5) is 0 Å². The van der Waals surface area contributed by atoms with Crippen molar-refractivity contribution >= 4 is 5.78 Å². The van der Waals surface area contributed by atoms with Gasteiger partial charge in [0, 0.05) is 18.4 Å². The molecule has 1 aliphatic heterocycles. The quantitative estimate of drug-likeness (QED) is 0.829. The second-order valence-electron chi connectivity index (χ2n) is 6.08. The number of carbonyl (C=O) groups is 1. The SMILES string of the molecule is CC(=O)CC1CCCCCN1Cc1nc(C(C)C)no1. The van der Waals surface area contributed by atoms with Crippen LogP contribution in [-0.4, -0.2) is 33.4 Å². The summed E-state index contributed by atoms with van der Waals surface area (Å²) in [5.41, 5.74) is 0. The van der Waals surface area contributed by atoms with Gasteiger partial charge in [-0.05, 0) is 26.3 Å². The predicted octanol–water partition coefficient (Wildman–Crippen LogP) is 2.92. The van der Waals surface area contributed by atoms with E-state index in [1.165, 1.54) is 19.3 Å². The van der Waals surface area contributed by atoms with E-state index in [0.29, 0.717) is 24.9 Å². The van der Waals surface area contributed by atoms with Crippen molar-refractivity contribution in [2.45, 2.75) is 71.4 Å². The van der Waals surface area contributed by atoms with Crippen LogP contribution in [0.25, 0.3) is 0 Å². The molecule has 1 aromatic heterocycles. The number of carbonyl (C=O) groups excluding carboxylic acids is 1. The lowest BCUT2D eigenvalue weighted by molar-refractivity contribution is -0.118. The van der Waals surface area contributed by atoms with Crippen LogP contribution in [0.5, 0.6) is 0 Å². The van der Waals surface area contributed by atoms with Crippen LogP contribution in [0.1, 0.15) is 70.5 Å². The molecule has 0 amide bonds. The fraction of sp³-hybridized carbons (Fsp3) is 0.800. The Morgan fingerprint density at radius 2 is 2.20 bits per heavy atom. The van der Waals surface area contributed by atoms with Gasteiger partial charge < -0.3 is 4.52 Å². The lowest BCUT2D eigenvalue weighted by atomic mass is 10.0. The molecule has 2 rings (SSSR count). The van der Waals surface area contributed by atoms with Gasteiger partial charge in [-0.3, -0.25) is 9.69 Å². The number of Topliss-reactive ketones (excluding diaryl/α,β-unsaturated/α-hetero) is 1. The van der Waals surface area contributed by atoms with Crippen LogP contribution in [-0.2, 0) is 11.3 Å². The van der Waals surface area contributed by atoms with Gasteiger partial charge in [0.1, 0.15) is 5.78 Å². The third-order valence-corrected chi connectivity index (χ3v) is 3.86. The van der Waals surface area contributed by atoms with E-state index in [9.17, 15) is 4.79 Å². The first-order chi connectivity index (χ1) is 9.56. The fourth-order valence-electron chi connectivity index (χ4n) is 2.75. The molecule has 0 spiro atoms. The number of likely N-dealkylation sites (tertiary alicyclic amines) is 1. The highest BCUT2D eigenvalue weighted by Gasteiger charge is 2.24. The third-order valence-electron chi connectivity index (χ3n) is 3.86. The molecule has 1 saturated heterocycles. The molecule has 5 heteroatoms. The van der Waals surface area contributed by atoms with Gasteiger partial charge in [-0.15, -0.1) is 0 Å². The average Bonchev–Trinajstić information content (AvgIpc) is 2.74. The summed E-state index contributed by atoms with van der Waals surface area (Å²) in [6.07, 6.45) is 5.34. The van der Waals surface area contributed by atoms with E-state index >= 15 is 0 Å². The van der Waals surface area contributed by atoms with Crippen molar-refractivity contribution in [3.63, 3.8) is 0 Å². The molecule has 0 N–H and O–H groups in total. The number of hydrogen-bond acceptors (Lipinski definition) is 5. The average molecular weight is 279 g/mol. The summed E-state index contributed by atoms with van der Waals surface area (Å²) in [5.74, 6) is 1.97. The second-order valence-corrected chi connectivity index (χ2v) is 6.08. The highest BCUT2D eigenvalue weighted by Crippen LogP contribution is 2.22. The standard InChI is InChI=1S/C15H25N3O2/c1-11(2)15-16-14(20-17-15)10-18-8-6-4-5-7-13(18)9-12(3)19/h11,13H,4-10H2,1-3H3. The van der Waals surface area contributed by atoms with E-state index in [1.807, 2.05) is 0 Å². The Morgan fingerprint density at radius 1 is 1.40 bits per heavy atom. The first-order valence-corrected chi connectivity index (χ1v) is 7.62. The number of aromatic nitrogens is 2. The van der Waals surface area contributed by atoms with Crippen molar-refractivity contribution in [2.75, 3.05) is 6.54 Å². The number of hydrogen-bond donors (Lipinski definition) is 0. The molecule has 0 saturated carbocycles. The van der Waals surface area contributed by atoms with Gasteiger partial charge in [0.25, 0.3) is 0 Å². The van der Waals surface area contributed by atoms with E-state index < -0.39 is 0 Å². The zero-order chi connectivity index (χ0) is 14.5. The first kappa shape index (κ1) is 15.2. The molecule has 5 nitrogen and oxygen atoms in total. The zero-order valence-electron chi connectivity index (χ0n) is 12.8. The van der Waals surface area contributed by atoms with Crippen molar-refractivity contribution in [3.05, 3.63) is 11.7 Å². The molecule has 0 bridgehead atoms. The minimum absolute atomic E-state index is 0.260. The second kappa shape index (κ2) is 6.97. The normalized spacial score (nSPS) is 21.1. The first-order valence-electron chi connectivity index (χ1n) is 7.62. The molecule has 0 radical (unpaired) electrons. The van der Waals surface area contributed by atoms with Crippen LogP contribution >= 0.6 is 0 Å². The van der Waals surface area contributed by atoms with Crippen molar-refractivity contribution in [3.8, 4) is 0 Å². The lowest BCUT2D eigenvalue weighted by Crippen LogP contribution is -2.35. The van der Waals surface area contributed by atoms with Gasteiger partial charge in [0.05, 0.1) is 6.54 Å². The fourth-order valence-corrected chi connectivity index (χ4v) is 2.75. The van der Waals surface area contributed by atoms with Gasteiger partial charge in [-0.1, -0.05) is 31.8 Å². The molecule has 0 aliphatic carbocycles. The number of ketones is 1. The molecule has 0 aromatic carbocycles. The van der Waals surface area contributed by atoms with Gasteiger partial charge >= 0.3 is 0 Å². The maximum Gasteiger partial charge on any atom is 0.240 e. The molecule has 1 aromatic rings. The van der Waals surface area contributed by atoms with Crippen molar-refractivity contribution in [1.29, 1.82) is 0 Å². The summed E-state index contributed by atoms with van der Waals surface area (Å²) in [6.45, 7) is 7.46. The third kappa shape index (κ3) is 4.13. The number of rotatable bonds is 5. The van der Waals surface area contributed by atoms with Gasteiger partial charge in [0.15, 0.2) is 5.82 Å². The van der Waals surface area contributed by atoms with Crippen LogP contribution in [0.3, 0.4) is 0 Å². The molecule has 1 unspecified atom stereocenters. The minimum Gasteiger partial charge on any atom is -0.338 e. The minimum atomic E-state index is 0.260. The maximum absolute atomic E-state index is 11.4. The van der Waals surface area contributed by atoms with Crippen LogP contribution in [0.2, 0.25) is 0 Å². The molecule has 1 atom stereocenters. The summed E-state index contributed by atoms with van der Waals surface area (Å²) in [4.78, 5) is 18.2. The largest absolute Gasteiger partial charge is 0.338 e. The van der Waals surface area contributed by atoms with E-state index in [0.717, 1.165) is 18.8 Å². The highest BCUT2D eigenvalue weighted by atomic mass is 16.5. The molecule has 1 fully saturated rings. The van der Waals surface area contributed by atoms with Crippen LogP contribution in [0.15, 0.2) is 4.52 Å². The van der Waals surface area contributed by atoms with E-state index in [-0.39, 0.29) is 11.7 Å². The van der Waals surface area contributed by atoms with Crippen molar-refractivity contribution in [1.82, 2.24) is 15.0 Å². The summed E-state index contributed by atoms with van der Waals surface area (Å²) in [5, 5.41) is 4.01. The Hall–Kier alpha value is -1.23. The maximum atomic E-state index is 11.4. The topological polar surface area (TPSA) is 59.2 Å². The van der Waals surface area contributed by atoms with Gasteiger partial charge in [-0.2, -0.15) is 4.98 Å². The molecular weight excluding hydrogens is 254 g/mol. The smallest absolute Gasteiger partial charge is 0.240 e. The summed E-state index contributed by atoms with van der Waals surface area (Å²) < 4.78 is 5.34. The Kier molecular flexibility index (Phi) is 5.29. The molecule has 20 heavy (non-hydrogen) atoms. The summed E-state index contributed by atoms with van der Waals surface area (Å²) >= 11 is 0. The predicted molar refractivity (Wildman–Crippen MR) is 76.4 cm³/mol. The molecular formula is C15H25N3O2. The van der Waals surface area contributed by atoms with Crippen LogP contribution in [0, 0.1) is 0 Å². The van der Waals surface area contributed by atoms with Gasteiger partial charge in [-0.25, -0.2) is 0 Å². The highest BCUT2D eigenvalue weighted by molar-refractivity contribution is 5.76. The molecule has 1 aliphatic rings. The lowest BCUT2D eigenvalue weighted by Gasteiger charge is -2.27. The Balaban J connectivity index is 2.04. The Labute approximate surface area is 120 Å². The van der Waals surface area contributed by atoms with Crippen LogP contribution < -0.4 is 0 Å². The van der Waals surface area contributed by atoms with E-state index in [2.05, 4.69) is 28.9 Å². The van der Waals surface area contributed by atoms with Crippen molar-refractivity contribution in [2.24, 2.45) is 0 Å². The van der Waals surface area contributed by atoms with Gasteiger partial charge in [0.2, 0.25) is 5.89 Å². The van der Waals surface area contributed by atoms with E-state index in [1.54, 1.807) is 6.92 Å². The monoisotopic (exact) mass is 279 g/mol. The number of nitrogens with zero attached hydrogens (tertiary/aromatic N) is 3.